The Kier molecular flexibility index (Phi) is 6.32. The van der Waals surface area contributed by atoms with Crippen LogP contribution < -0.4 is 16.0 Å². The summed E-state index contributed by atoms with van der Waals surface area (Å²) in [5.41, 5.74) is 4.20. The van der Waals surface area contributed by atoms with Gasteiger partial charge in [-0.2, -0.15) is 13.2 Å². The van der Waals surface area contributed by atoms with E-state index in [1.165, 1.54) is 6.20 Å². The van der Waals surface area contributed by atoms with Crippen LogP contribution in [-0.2, 0) is 6.18 Å². The van der Waals surface area contributed by atoms with E-state index in [2.05, 4.69) is 30.2 Å². The van der Waals surface area contributed by atoms with E-state index in [0.29, 0.717) is 5.82 Å². The minimum absolute atomic E-state index is 0.248. The molecule has 0 unspecified atom stereocenters. The van der Waals surface area contributed by atoms with Gasteiger partial charge in [-0.25, -0.2) is 15.0 Å². The summed E-state index contributed by atoms with van der Waals surface area (Å²) in [5, 5.41) is 2.11. The van der Waals surface area contributed by atoms with Gasteiger partial charge in [0.05, 0.1) is 16.9 Å². The lowest BCUT2D eigenvalue weighted by molar-refractivity contribution is -0.137. The molecule has 1 amide bonds. The van der Waals surface area contributed by atoms with Crippen molar-refractivity contribution in [3.8, 4) is 11.4 Å². The quantitative estimate of drug-likeness (QED) is 0.572. The SMILES string of the molecule is Nc1ncc(-c2nccc(Cl)c2C(F)(F)F)nc1C(=O)Nc1ncccc1N1CCCCC1. The van der Waals surface area contributed by atoms with Gasteiger partial charge >= 0.3 is 6.18 Å². The molecular formula is C21H19ClF3N7O. The first kappa shape index (κ1) is 22.7. The highest BCUT2D eigenvalue weighted by molar-refractivity contribution is 6.31. The van der Waals surface area contributed by atoms with Crippen molar-refractivity contribution in [2.45, 2.75) is 25.4 Å². The zero-order valence-electron chi connectivity index (χ0n) is 17.2. The predicted octanol–water partition coefficient (Wildman–Crippen LogP) is 4.43. The molecule has 0 aliphatic carbocycles. The Morgan fingerprint density at radius 2 is 1.85 bits per heavy atom. The number of nitrogens with two attached hydrogens (primary N) is 1. The molecule has 1 saturated heterocycles. The second-order valence-corrected chi connectivity index (χ2v) is 7.78. The first-order valence-electron chi connectivity index (χ1n) is 10.1. The number of halogens is 4. The standard InChI is InChI=1S/C21H19ClF3N7O/c22-12-6-8-27-16(15(12)21(23,24)25)13-11-29-18(26)17(30-13)20(33)31-19-14(5-4-7-28-19)32-9-2-1-3-10-32/h4-8,11H,1-3,9-10H2,(H2,26,29)(H,28,31,33). The number of carbonyl (C=O) groups is 1. The zero-order chi connectivity index (χ0) is 23.6. The van der Waals surface area contributed by atoms with Gasteiger partial charge in [0.25, 0.3) is 5.91 Å². The Balaban J connectivity index is 1.68. The maximum Gasteiger partial charge on any atom is 0.420 e. The molecule has 1 aliphatic rings. The number of carbonyl (C=O) groups excluding carboxylic acids is 1. The van der Waals surface area contributed by atoms with Crippen molar-refractivity contribution in [1.82, 2.24) is 19.9 Å². The van der Waals surface area contributed by atoms with Crippen molar-refractivity contribution >= 4 is 34.8 Å². The lowest BCUT2D eigenvalue weighted by Gasteiger charge is -2.29. The Labute approximate surface area is 192 Å². The number of nitrogens with one attached hydrogen (secondary N) is 1. The van der Waals surface area contributed by atoms with Gasteiger partial charge in [0.2, 0.25) is 0 Å². The van der Waals surface area contributed by atoms with Crippen LogP contribution in [0.5, 0.6) is 0 Å². The van der Waals surface area contributed by atoms with Gasteiger partial charge in [-0.1, -0.05) is 11.6 Å². The summed E-state index contributed by atoms with van der Waals surface area (Å²) in [5.74, 6) is -0.704. The summed E-state index contributed by atoms with van der Waals surface area (Å²) in [6.45, 7) is 1.65. The van der Waals surface area contributed by atoms with Crippen LogP contribution in [0, 0.1) is 0 Å². The number of alkyl halides is 3. The van der Waals surface area contributed by atoms with Crippen LogP contribution >= 0.6 is 11.6 Å². The number of hydrogen-bond acceptors (Lipinski definition) is 7. The van der Waals surface area contributed by atoms with Gasteiger partial charge in [0.1, 0.15) is 17.0 Å². The van der Waals surface area contributed by atoms with E-state index in [1.54, 1.807) is 6.07 Å². The number of nitrogens with zero attached hydrogens (tertiary/aromatic N) is 5. The molecule has 3 N–H and O–H groups in total. The van der Waals surface area contributed by atoms with Crippen molar-refractivity contribution in [1.29, 1.82) is 0 Å². The monoisotopic (exact) mass is 477 g/mol. The fourth-order valence-corrected chi connectivity index (χ4v) is 3.88. The van der Waals surface area contributed by atoms with Crippen molar-refractivity contribution in [2.75, 3.05) is 29.0 Å². The summed E-state index contributed by atoms with van der Waals surface area (Å²) in [7, 11) is 0. The van der Waals surface area contributed by atoms with E-state index in [9.17, 15) is 18.0 Å². The summed E-state index contributed by atoms with van der Waals surface area (Å²) in [6.07, 6.45) is 2.05. The Morgan fingerprint density at radius 3 is 2.58 bits per heavy atom. The first-order valence-corrected chi connectivity index (χ1v) is 10.5. The Morgan fingerprint density at radius 1 is 1.09 bits per heavy atom. The van der Waals surface area contributed by atoms with E-state index in [4.69, 9.17) is 17.3 Å². The van der Waals surface area contributed by atoms with Crippen molar-refractivity contribution in [3.05, 3.63) is 53.1 Å². The number of amides is 1. The van der Waals surface area contributed by atoms with Crippen molar-refractivity contribution in [2.24, 2.45) is 0 Å². The molecule has 0 bridgehead atoms. The normalized spacial score (nSPS) is 14.2. The molecule has 4 heterocycles. The number of nitrogen functional groups attached to an aromatic ring is 1. The average Bonchev–Trinajstić information content (AvgIpc) is 2.79. The predicted molar refractivity (Wildman–Crippen MR) is 118 cm³/mol. The average molecular weight is 478 g/mol. The summed E-state index contributed by atoms with van der Waals surface area (Å²) >= 11 is 5.77. The molecule has 0 radical (unpaired) electrons. The van der Waals surface area contributed by atoms with Gasteiger partial charge in [-0.15, -0.1) is 0 Å². The first-order chi connectivity index (χ1) is 15.8. The topological polar surface area (TPSA) is 110 Å². The van der Waals surface area contributed by atoms with E-state index in [1.807, 2.05) is 6.07 Å². The van der Waals surface area contributed by atoms with Crippen LogP contribution in [0.2, 0.25) is 5.02 Å². The minimum Gasteiger partial charge on any atom is -0.382 e. The molecule has 4 rings (SSSR count). The van der Waals surface area contributed by atoms with Crippen molar-refractivity contribution < 1.29 is 18.0 Å². The molecule has 8 nitrogen and oxygen atoms in total. The lowest BCUT2D eigenvalue weighted by atomic mass is 10.1. The number of anilines is 3. The van der Waals surface area contributed by atoms with Crippen molar-refractivity contribution in [3.63, 3.8) is 0 Å². The Bertz CT molecular complexity index is 1180. The van der Waals surface area contributed by atoms with Crippen LogP contribution in [0.3, 0.4) is 0 Å². The van der Waals surface area contributed by atoms with Crippen LogP contribution in [-0.4, -0.2) is 38.9 Å². The fraction of sp³-hybridized carbons (Fsp3) is 0.286. The van der Waals surface area contributed by atoms with Gasteiger partial charge < -0.3 is 16.0 Å². The third kappa shape index (κ3) is 4.82. The largest absolute Gasteiger partial charge is 0.420 e. The number of rotatable bonds is 4. The van der Waals surface area contributed by atoms with Crippen LogP contribution in [0.15, 0.2) is 36.8 Å². The summed E-state index contributed by atoms with van der Waals surface area (Å²) in [4.78, 5) is 31.0. The van der Waals surface area contributed by atoms with E-state index in [0.717, 1.165) is 56.5 Å². The number of pyridine rings is 2. The molecule has 3 aromatic heterocycles. The molecule has 1 aliphatic heterocycles. The molecule has 1 fully saturated rings. The molecule has 12 heteroatoms. The molecule has 3 aromatic rings. The lowest BCUT2D eigenvalue weighted by Crippen LogP contribution is -2.31. The van der Waals surface area contributed by atoms with Gasteiger partial charge in [-0.3, -0.25) is 9.78 Å². The summed E-state index contributed by atoms with van der Waals surface area (Å²) < 4.78 is 40.7. The highest BCUT2D eigenvalue weighted by Gasteiger charge is 2.38. The second kappa shape index (κ2) is 9.18. The van der Waals surface area contributed by atoms with Crippen LogP contribution in [0.4, 0.5) is 30.5 Å². The highest BCUT2D eigenvalue weighted by atomic mass is 35.5. The highest BCUT2D eigenvalue weighted by Crippen LogP contribution is 2.39. The van der Waals surface area contributed by atoms with E-state index in [-0.39, 0.29) is 17.2 Å². The maximum atomic E-state index is 13.6. The van der Waals surface area contributed by atoms with Crippen LogP contribution in [0.25, 0.3) is 11.4 Å². The molecule has 0 atom stereocenters. The minimum atomic E-state index is -4.79. The zero-order valence-corrected chi connectivity index (χ0v) is 18.0. The van der Waals surface area contributed by atoms with Crippen LogP contribution in [0.1, 0.15) is 35.3 Å². The third-order valence-electron chi connectivity index (χ3n) is 5.16. The number of hydrogen-bond donors (Lipinski definition) is 2. The van der Waals surface area contributed by atoms with E-state index >= 15 is 0 Å². The number of piperidine rings is 1. The molecule has 0 saturated carbocycles. The summed E-state index contributed by atoms with van der Waals surface area (Å²) in [6, 6.07) is 4.62. The molecule has 0 spiro atoms. The van der Waals surface area contributed by atoms with Gasteiger partial charge in [-0.05, 0) is 37.5 Å². The van der Waals surface area contributed by atoms with Gasteiger partial charge in [0.15, 0.2) is 17.3 Å². The molecular weight excluding hydrogens is 459 g/mol. The molecule has 0 aromatic carbocycles. The van der Waals surface area contributed by atoms with E-state index < -0.39 is 28.4 Å². The molecule has 33 heavy (non-hydrogen) atoms. The number of aromatic nitrogens is 4. The Hall–Kier alpha value is -3.47. The van der Waals surface area contributed by atoms with Gasteiger partial charge in [0, 0.05) is 25.5 Å². The third-order valence-corrected chi connectivity index (χ3v) is 5.47. The second-order valence-electron chi connectivity index (χ2n) is 7.38. The maximum absolute atomic E-state index is 13.6. The smallest absolute Gasteiger partial charge is 0.382 e. The molecule has 172 valence electrons. The fourth-order valence-electron chi connectivity index (χ4n) is 3.63.